The zero-order valence-corrected chi connectivity index (χ0v) is 31.4. The summed E-state index contributed by atoms with van der Waals surface area (Å²) in [6, 6.07) is 22.2. The van der Waals surface area contributed by atoms with Gasteiger partial charge in [0.05, 0.1) is 63.0 Å². The Hall–Kier alpha value is -4.95. The number of hydrogen-bond acceptors (Lipinski definition) is 22. The van der Waals surface area contributed by atoms with Gasteiger partial charge in [0, 0.05) is 44.5 Å². The second kappa shape index (κ2) is 19.8. The summed E-state index contributed by atoms with van der Waals surface area (Å²) < 4.78 is 13.6. The van der Waals surface area contributed by atoms with Gasteiger partial charge in [0.2, 0.25) is 0 Å². The molecule has 56 heavy (non-hydrogen) atoms. The Bertz CT molecular complexity index is 2450. The first-order valence-corrected chi connectivity index (χ1v) is 17.4. The smallest absolute Gasteiger partial charge is 0.152 e. The largest absolute Gasteiger partial charge is 0.506 e. The summed E-state index contributed by atoms with van der Waals surface area (Å²) in [5, 5.41) is 96.9. The first-order valence-electron chi connectivity index (χ1n) is 15.2. The number of azo groups is 3. The van der Waals surface area contributed by atoms with Crippen molar-refractivity contribution in [3.05, 3.63) is 90.5 Å². The van der Waals surface area contributed by atoms with Crippen molar-refractivity contribution in [1.29, 1.82) is 0 Å². The Balaban J connectivity index is 0.00000600. The van der Waals surface area contributed by atoms with Crippen LogP contribution in [-0.4, -0.2) is 31.1 Å². The summed E-state index contributed by atoms with van der Waals surface area (Å²) in [6.45, 7) is 1.73. The molecule has 8 N–H and O–H groups in total. The van der Waals surface area contributed by atoms with Crippen molar-refractivity contribution in [3.63, 3.8) is 0 Å². The van der Waals surface area contributed by atoms with Crippen LogP contribution in [0.25, 0.3) is 21.5 Å². The fourth-order valence-corrected chi connectivity index (χ4v) is 6.35. The molecule has 19 nitrogen and oxygen atoms in total. The molecule has 0 unspecified atom stereocenters. The number of phenols is 3. The van der Waals surface area contributed by atoms with E-state index in [2.05, 4.69) is 58.8 Å². The van der Waals surface area contributed by atoms with Gasteiger partial charge < -0.3 is 21.1 Å². The number of aryl methyl sites for hydroxylation is 1. The average Bonchev–Trinajstić information content (AvgIpc) is 3.18. The van der Waals surface area contributed by atoms with Gasteiger partial charge in [-0.2, -0.15) is 15.3 Å². The molecular weight excluding hydrogens is 846 g/mol. The van der Waals surface area contributed by atoms with Crippen LogP contribution in [0.2, 0.25) is 0 Å². The number of anilines is 1. The summed E-state index contributed by atoms with van der Waals surface area (Å²) in [5.74, 6) is -0.848. The molecule has 0 fully saturated rings. The number of rotatable bonds is 15. The van der Waals surface area contributed by atoms with Gasteiger partial charge in [-0.05, 0) is 102 Å². The van der Waals surface area contributed by atoms with Crippen molar-refractivity contribution in [2.45, 2.75) is 21.6 Å². The third kappa shape index (κ3) is 10.1. The zero-order valence-electron chi connectivity index (χ0n) is 28.0. The summed E-state index contributed by atoms with van der Waals surface area (Å²) >= 11 is 1.89. The number of aromatic hydroxyl groups is 3. The van der Waals surface area contributed by atoms with E-state index in [4.69, 9.17) is 21.5 Å². The van der Waals surface area contributed by atoms with E-state index in [0.717, 1.165) is 12.0 Å². The van der Waals surface area contributed by atoms with Crippen molar-refractivity contribution < 1.29 is 76.3 Å². The van der Waals surface area contributed by atoms with Crippen LogP contribution in [0.15, 0.2) is 130 Å². The zero-order chi connectivity index (χ0) is 38.9. The van der Waals surface area contributed by atoms with Gasteiger partial charge in [0.15, 0.2) is 11.5 Å². The van der Waals surface area contributed by atoms with Crippen LogP contribution in [0.3, 0.4) is 0 Å². The summed E-state index contributed by atoms with van der Waals surface area (Å²) in [7, 11) is 0. The predicted molar refractivity (Wildman–Crippen MR) is 199 cm³/mol. The maximum Gasteiger partial charge on any atom is 0.152 e. The van der Waals surface area contributed by atoms with Crippen molar-refractivity contribution in [2.24, 2.45) is 30.7 Å². The molecule has 0 aliphatic heterocycles. The van der Waals surface area contributed by atoms with Crippen LogP contribution in [0.5, 0.6) is 17.2 Å². The van der Waals surface area contributed by atoms with E-state index in [1.54, 1.807) is 79.7 Å². The molecule has 0 saturated carbocycles. The third-order valence-electron chi connectivity index (χ3n) is 7.50. The molecule has 0 spiro atoms. The molecule has 6 aromatic carbocycles. The molecule has 0 saturated heterocycles. The molecule has 0 aliphatic carbocycles. The van der Waals surface area contributed by atoms with E-state index in [1.807, 2.05) is 0 Å². The van der Waals surface area contributed by atoms with E-state index < -0.39 is 0 Å². The van der Waals surface area contributed by atoms with Gasteiger partial charge >= 0.3 is 0 Å². The fraction of sp³-hybridized carbons (Fsp3) is 0.0303. The van der Waals surface area contributed by atoms with E-state index in [-0.39, 0.29) is 61.2 Å². The third-order valence-corrected chi connectivity index (χ3v) is 9.34. The number of nitrogens with zero attached hydrogens (tertiary/aromatic N) is 6. The minimum Gasteiger partial charge on any atom is -0.506 e. The average molecular weight is 871 g/mol. The molecule has 293 valence electrons. The van der Waals surface area contributed by atoms with Crippen molar-refractivity contribution in [3.8, 4) is 17.2 Å². The Kier molecular flexibility index (Phi) is 14.9. The van der Waals surface area contributed by atoms with Crippen molar-refractivity contribution >= 4 is 97.5 Å². The molecule has 0 aliphatic rings. The Labute approximate surface area is 338 Å². The molecule has 0 bridgehead atoms. The van der Waals surface area contributed by atoms with Crippen LogP contribution >= 0.6 is 36.1 Å². The number of fused-ring (bicyclic) bond motifs is 2. The minimum atomic E-state index is -0.332. The van der Waals surface area contributed by atoms with Crippen LogP contribution in [0.4, 0.5) is 39.8 Å². The van der Waals surface area contributed by atoms with Crippen LogP contribution in [0, 0.1) is 6.92 Å². The molecule has 6 aromatic rings. The molecule has 0 heterocycles. The SMILES string of the molecule is Cc1cc(N=Nc2c(SOOO)cc3cc(N=Nc4c(SOOO)cc5cc(N)ccc5c4O)ccc3c2O)c(O)cc1N=Nc1ccc(SOOO)cc1.[Cu]. The molecule has 0 amide bonds. The van der Waals surface area contributed by atoms with E-state index in [1.165, 1.54) is 12.1 Å². The Morgan fingerprint density at radius 1 is 0.536 bits per heavy atom. The van der Waals surface area contributed by atoms with Gasteiger partial charge in [0.1, 0.15) is 22.8 Å². The maximum atomic E-state index is 11.3. The molecular formula is C33H25CuN7O12S3. The predicted octanol–water partition coefficient (Wildman–Crippen LogP) is 11.5. The fourth-order valence-electron chi connectivity index (χ4n) is 5.00. The summed E-state index contributed by atoms with van der Waals surface area (Å²) in [4.78, 5) is 1.02. The van der Waals surface area contributed by atoms with Crippen LogP contribution in [0.1, 0.15) is 5.56 Å². The van der Waals surface area contributed by atoms with Crippen molar-refractivity contribution in [2.75, 3.05) is 5.73 Å². The molecule has 0 atom stereocenters. The molecule has 1 radical (unpaired) electrons. The maximum absolute atomic E-state index is 11.3. The van der Waals surface area contributed by atoms with Gasteiger partial charge in [0.25, 0.3) is 0 Å². The number of nitrogen functional groups attached to an aromatic ring is 1. The van der Waals surface area contributed by atoms with Gasteiger partial charge in [-0.1, -0.05) is 15.1 Å². The quantitative estimate of drug-likeness (QED) is 0.0126. The normalized spacial score (nSPS) is 11.8. The van der Waals surface area contributed by atoms with Crippen LogP contribution in [-0.2, 0) is 45.2 Å². The molecule has 0 aromatic heterocycles. The molecule has 23 heteroatoms. The van der Waals surface area contributed by atoms with Gasteiger partial charge in [-0.25, -0.2) is 15.8 Å². The number of nitrogens with two attached hydrogens (primary N) is 1. The number of phenolic OH excluding ortho intramolecular Hbond substituents is 3. The van der Waals surface area contributed by atoms with Crippen molar-refractivity contribution in [1.82, 2.24) is 0 Å². The van der Waals surface area contributed by atoms with E-state index >= 15 is 0 Å². The Morgan fingerprint density at radius 2 is 1.05 bits per heavy atom. The second-order valence-electron chi connectivity index (χ2n) is 10.9. The Morgan fingerprint density at radius 3 is 1.68 bits per heavy atom. The van der Waals surface area contributed by atoms with E-state index in [9.17, 15) is 15.3 Å². The first-order chi connectivity index (χ1) is 26.7. The van der Waals surface area contributed by atoms with Crippen LogP contribution < -0.4 is 5.73 Å². The topological polar surface area (TPSA) is 277 Å². The van der Waals surface area contributed by atoms with Gasteiger partial charge in [-0.3, -0.25) is 0 Å². The second-order valence-corrected chi connectivity index (χ2v) is 13.2. The summed E-state index contributed by atoms with van der Waals surface area (Å²) in [6.07, 6.45) is 0. The number of benzene rings is 6. The van der Waals surface area contributed by atoms with Gasteiger partial charge in [-0.15, -0.1) is 28.3 Å². The standard InChI is InChI=1S/C33H25N7O12S3.Cu/c1-16-10-26(27(41)15-25(16)37-35-20-3-6-22(7-4-20)53-50-47-44)38-40-31-29(55-52-49-46)14-18-12-21(5-9-24(18)33(31)43)36-39-30-28(54-51-48-45)13-17-11-19(34)2-8-23(17)32(30)42;/h2-15,41-46H,34H2,1H3;. The minimum absolute atomic E-state index is 0. The number of hydrogen-bond donors (Lipinski definition) is 7. The van der Waals surface area contributed by atoms with E-state index in [0.29, 0.717) is 78.8 Å². The molecule has 6 rings (SSSR count). The first kappa shape index (κ1) is 42.2. The summed E-state index contributed by atoms with van der Waals surface area (Å²) in [5.41, 5.74) is 8.04. The monoisotopic (exact) mass is 870 g/mol.